The lowest BCUT2D eigenvalue weighted by molar-refractivity contribution is 0.803. The zero-order valence-electron chi connectivity index (χ0n) is 10.6. The second-order valence-electron chi connectivity index (χ2n) is 5.06. The molecule has 2 aliphatic carbocycles. The average Bonchev–Trinajstić information content (AvgIpc) is 2.57. The summed E-state index contributed by atoms with van der Waals surface area (Å²) in [5.41, 5.74) is 5.00. The van der Waals surface area contributed by atoms with Crippen molar-refractivity contribution in [3.63, 3.8) is 0 Å². The molecule has 1 aromatic rings. The SMILES string of the molecule is [B]n1nnc2c1CCC1=C(C=CC(C)C=C1)CC2. The Morgan fingerprint density at radius 3 is 2.50 bits per heavy atom. The Kier molecular flexibility index (Phi) is 2.94. The van der Waals surface area contributed by atoms with Gasteiger partial charge in [-0.25, -0.2) is 0 Å². The molecule has 18 heavy (non-hydrogen) atoms. The third kappa shape index (κ3) is 2.07. The fourth-order valence-electron chi connectivity index (χ4n) is 2.61. The number of nitrogens with zero attached hydrogens (tertiary/aromatic N) is 3. The maximum absolute atomic E-state index is 5.80. The van der Waals surface area contributed by atoms with Crippen LogP contribution in [0.5, 0.6) is 0 Å². The van der Waals surface area contributed by atoms with E-state index in [0.29, 0.717) is 5.92 Å². The molecule has 0 aromatic carbocycles. The largest absolute Gasteiger partial charge is 0.308 e. The van der Waals surface area contributed by atoms with E-state index in [1.54, 1.807) is 0 Å². The van der Waals surface area contributed by atoms with Gasteiger partial charge in [-0.3, -0.25) is 0 Å². The van der Waals surface area contributed by atoms with Crippen LogP contribution in [0.4, 0.5) is 0 Å². The molecule has 0 bridgehead atoms. The molecule has 1 unspecified atom stereocenters. The molecule has 1 heterocycles. The second-order valence-corrected chi connectivity index (χ2v) is 5.06. The minimum atomic E-state index is 0.517. The maximum Gasteiger partial charge on any atom is 0.267 e. The Morgan fingerprint density at radius 1 is 1.11 bits per heavy atom. The third-order valence-electron chi connectivity index (χ3n) is 3.75. The van der Waals surface area contributed by atoms with Crippen molar-refractivity contribution in [1.29, 1.82) is 0 Å². The van der Waals surface area contributed by atoms with Crippen LogP contribution in [-0.4, -0.2) is 22.9 Å². The Hall–Kier alpha value is -1.58. The highest BCUT2D eigenvalue weighted by Crippen LogP contribution is 2.27. The van der Waals surface area contributed by atoms with Crippen molar-refractivity contribution in [2.45, 2.75) is 32.6 Å². The molecule has 0 saturated heterocycles. The number of rotatable bonds is 0. The van der Waals surface area contributed by atoms with Gasteiger partial charge in [0.1, 0.15) is 0 Å². The van der Waals surface area contributed by atoms with Crippen LogP contribution < -0.4 is 0 Å². The molecule has 2 radical (unpaired) electrons. The van der Waals surface area contributed by atoms with Gasteiger partial charge in [0, 0.05) is 5.69 Å². The van der Waals surface area contributed by atoms with Crippen molar-refractivity contribution in [2.24, 2.45) is 5.92 Å². The predicted molar refractivity (Wildman–Crippen MR) is 72.3 cm³/mol. The summed E-state index contributed by atoms with van der Waals surface area (Å²) in [6.07, 6.45) is 13.0. The molecule has 3 rings (SSSR count). The van der Waals surface area contributed by atoms with Crippen molar-refractivity contribution in [2.75, 3.05) is 0 Å². The molecule has 0 aliphatic heterocycles. The van der Waals surface area contributed by atoms with Gasteiger partial charge >= 0.3 is 0 Å². The molecular formula is C14H16BN3. The first-order valence-electron chi connectivity index (χ1n) is 6.51. The molecule has 0 amide bonds. The molecule has 0 fully saturated rings. The summed E-state index contributed by atoms with van der Waals surface area (Å²) in [6.45, 7) is 2.21. The molecule has 0 saturated carbocycles. The predicted octanol–water partition coefficient (Wildman–Crippen LogP) is 2.15. The second kappa shape index (κ2) is 4.60. The molecule has 4 heteroatoms. The first-order valence-corrected chi connectivity index (χ1v) is 6.51. The van der Waals surface area contributed by atoms with Crippen molar-refractivity contribution in [3.05, 3.63) is 46.8 Å². The molecule has 0 spiro atoms. The van der Waals surface area contributed by atoms with Crippen molar-refractivity contribution >= 4 is 7.98 Å². The van der Waals surface area contributed by atoms with Gasteiger partial charge in [-0.2, -0.15) is 0 Å². The molecule has 90 valence electrons. The molecule has 1 atom stereocenters. The van der Waals surface area contributed by atoms with E-state index in [9.17, 15) is 0 Å². The topological polar surface area (TPSA) is 30.7 Å². The molecule has 1 aromatic heterocycles. The third-order valence-corrected chi connectivity index (χ3v) is 3.75. The van der Waals surface area contributed by atoms with Crippen molar-refractivity contribution in [3.8, 4) is 0 Å². The van der Waals surface area contributed by atoms with Crippen LogP contribution in [0.3, 0.4) is 0 Å². The van der Waals surface area contributed by atoms with Gasteiger partial charge in [0.05, 0.1) is 5.69 Å². The smallest absolute Gasteiger partial charge is 0.267 e. The van der Waals surface area contributed by atoms with Gasteiger partial charge in [0.15, 0.2) is 0 Å². The van der Waals surface area contributed by atoms with Crippen LogP contribution in [0.1, 0.15) is 31.2 Å². The van der Waals surface area contributed by atoms with Crippen molar-refractivity contribution in [1.82, 2.24) is 14.9 Å². The summed E-state index contributed by atoms with van der Waals surface area (Å²) in [6, 6.07) is 0. The minimum absolute atomic E-state index is 0.517. The minimum Gasteiger partial charge on any atom is -0.308 e. The van der Waals surface area contributed by atoms with E-state index < -0.39 is 0 Å². The highest BCUT2D eigenvalue weighted by Gasteiger charge is 2.16. The monoisotopic (exact) mass is 237 g/mol. The summed E-state index contributed by atoms with van der Waals surface area (Å²) in [5, 5.41) is 8.08. The van der Waals surface area contributed by atoms with Crippen LogP contribution in [-0.2, 0) is 12.8 Å². The number of aryl methyl sites for hydroxylation is 1. The number of hydrogen-bond acceptors (Lipinski definition) is 2. The highest BCUT2D eigenvalue weighted by atomic mass is 15.4. The maximum atomic E-state index is 5.80. The lowest BCUT2D eigenvalue weighted by Crippen LogP contribution is -2.06. The van der Waals surface area contributed by atoms with Crippen LogP contribution in [0, 0.1) is 5.92 Å². The van der Waals surface area contributed by atoms with E-state index in [0.717, 1.165) is 37.1 Å². The van der Waals surface area contributed by atoms with Crippen LogP contribution in [0.25, 0.3) is 0 Å². The van der Waals surface area contributed by atoms with Gasteiger partial charge < -0.3 is 4.59 Å². The van der Waals surface area contributed by atoms with E-state index in [-0.39, 0.29) is 0 Å². The van der Waals surface area contributed by atoms with E-state index in [1.165, 1.54) is 15.7 Å². The van der Waals surface area contributed by atoms with E-state index in [4.69, 9.17) is 7.98 Å². The lowest BCUT2D eigenvalue weighted by Gasteiger charge is -2.13. The van der Waals surface area contributed by atoms with Crippen LogP contribution >= 0.6 is 0 Å². The summed E-state index contributed by atoms with van der Waals surface area (Å²) in [5.74, 6) is 0.517. The highest BCUT2D eigenvalue weighted by molar-refractivity contribution is 6.06. The van der Waals surface area contributed by atoms with E-state index >= 15 is 0 Å². The summed E-state index contributed by atoms with van der Waals surface area (Å²) >= 11 is 0. The van der Waals surface area contributed by atoms with Gasteiger partial charge in [-0.1, -0.05) is 36.4 Å². The molecule has 0 N–H and O–H groups in total. The number of aromatic nitrogens is 3. The fourth-order valence-corrected chi connectivity index (χ4v) is 2.61. The normalized spacial score (nSPS) is 23.1. The Balaban J connectivity index is 1.92. The zero-order valence-corrected chi connectivity index (χ0v) is 10.6. The molecular weight excluding hydrogens is 221 g/mol. The zero-order chi connectivity index (χ0) is 12.5. The van der Waals surface area contributed by atoms with Crippen LogP contribution in [0.15, 0.2) is 35.5 Å². The quantitative estimate of drug-likeness (QED) is 0.647. The standard InChI is InChI=1S/C14H16BN3/c1-10-2-4-11-6-8-13-14(18(15)17-16-13)9-7-12(11)5-3-10/h2-5,10H,6-9H2,1H3. The first-order chi connectivity index (χ1) is 8.74. The fraction of sp³-hybridized carbons (Fsp3) is 0.429. The van der Waals surface area contributed by atoms with Gasteiger partial charge in [-0.15, -0.1) is 5.10 Å². The Bertz CT molecular complexity index is 551. The Morgan fingerprint density at radius 2 is 1.78 bits per heavy atom. The molecule has 2 aliphatic rings. The summed E-state index contributed by atoms with van der Waals surface area (Å²) in [7, 11) is 5.80. The number of hydrogen-bond donors (Lipinski definition) is 0. The van der Waals surface area contributed by atoms with Gasteiger partial charge in [0.25, 0.3) is 7.98 Å². The molecule has 3 nitrogen and oxygen atoms in total. The summed E-state index contributed by atoms with van der Waals surface area (Å²) in [4.78, 5) is 0. The van der Waals surface area contributed by atoms with Crippen molar-refractivity contribution < 1.29 is 0 Å². The number of fused-ring (bicyclic) bond motifs is 1. The average molecular weight is 237 g/mol. The summed E-state index contributed by atoms with van der Waals surface area (Å²) < 4.78 is 1.43. The lowest BCUT2D eigenvalue weighted by atomic mass is 9.93. The van der Waals surface area contributed by atoms with Crippen LogP contribution in [0.2, 0.25) is 0 Å². The first kappa shape index (κ1) is 11.5. The van der Waals surface area contributed by atoms with Gasteiger partial charge in [-0.05, 0) is 42.7 Å². The van der Waals surface area contributed by atoms with Gasteiger partial charge in [0.2, 0.25) is 0 Å². The Labute approximate surface area is 109 Å². The van der Waals surface area contributed by atoms with E-state index in [1.807, 2.05) is 0 Å². The van der Waals surface area contributed by atoms with E-state index in [2.05, 4.69) is 41.5 Å². The number of allylic oxidation sites excluding steroid dienone is 6.